The van der Waals surface area contributed by atoms with Gasteiger partial charge < -0.3 is 9.84 Å². The molecule has 5 atom stereocenters. The molecule has 1 aromatic rings. The van der Waals surface area contributed by atoms with Gasteiger partial charge in [-0.2, -0.15) is 18.4 Å². The number of rotatable bonds is 2. The van der Waals surface area contributed by atoms with E-state index in [1.54, 1.807) is 6.92 Å². The minimum atomic E-state index is -4.85. The van der Waals surface area contributed by atoms with E-state index in [1.165, 1.54) is 13.0 Å². The Kier molecular flexibility index (Phi) is 3.72. The zero-order chi connectivity index (χ0) is 21.5. The summed E-state index contributed by atoms with van der Waals surface area (Å²) in [5.41, 5.74) is -4.83. The van der Waals surface area contributed by atoms with Crippen LogP contribution in [0.25, 0.3) is 0 Å². The first-order chi connectivity index (χ1) is 13.3. The predicted molar refractivity (Wildman–Crippen MR) is 89.3 cm³/mol. The lowest BCUT2D eigenvalue weighted by Gasteiger charge is -2.32. The van der Waals surface area contributed by atoms with Gasteiger partial charge in [-0.1, -0.05) is 0 Å². The van der Waals surface area contributed by atoms with Gasteiger partial charge in [-0.05, 0) is 38.5 Å². The quantitative estimate of drug-likeness (QED) is 0.753. The van der Waals surface area contributed by atoms with E-state index in [-0.39, 0.29) is 12.1 Å². The molecule has 3 aliphatic rings. The summed E-state index contributed by atoms with van der Waals surface area (Å²) < 4.78 is 45.8. The van der Waals surface area contributed by atoms with Crippen LogP contribution >= 0.6 is 0 Å². The second kappa shape index (κ2) is 5.57. The third-order valence-corrected chi connectivity index (χ3v) is 6.32. The van der Waals surface area contributed by atoms with Gasteiger partial charge in [-0.15, -0.1) is 0 Å². The van der Waals surface area contributed by atoms with Crippen LogP contribution in [0.1, 0.15) is 31.4 Å². The van der Waals surface area contributed by atoms with E-state index in [0.717, 1.165) is 12.1 Å². The topological polar surface area (TPSA) is 108 Å². The van der Waals surface area contributed by atoms with Crippen LogP contribution in [0, 0.1) is 29.1 Å². The Morgan fingerprint density at radius 3 is 2.45 bits per heavy atom. The number of ether oxygens (including phenoxy) is 1. The van der Waals surface area contributed by atoms with Crippen LogP contribution in [0.2, 0.25) is 0 Å². The van der Waals surface area contributed by atoms with Crippen molar-refractivity contribution in [2.45, 2.75) is 37.6 Å². The maximum absolute atomic E-state index is 13.3. The summed E-state index contributed by atoms with van der Waals surface area (Å²) in [6.45, 7) is 3.00. The summed E-state index contributed by atoms with van der Waals surface area (Å²) in [4.78, 5) is 38.5. The summed E-state index contributed by atoms with van der Waals surface area (Å²) in [7, 11) is 0. The Labute approximate surface area is 162 Å². The van der Waals surface area contributed by atoms with E-state index >= 15 is 0 Å². The summed E-state index contributed by atoms with van der Waals surface area (Å²) in [5, 5.41) is 18.4. The number of nitriles is 1. The number of carbonyl (C=O) groups excluding carboxylic acids is 2. The molecule has 4 rings (SSSR count). The fourth-order valence-corrected chi connectivity index (χ4v) is 5.15. The predicted octanol–water partition coefficient (Wildman–Crippen LogP) is 2.33. The van der Waals surface area contributed by atoms with E-state index in [9.17, 15) is 32.7 Å². The van der Waals surface area contributed by atoms with Crippen molar-refractivity contribution in [3.05, 3.63) is 29.3 Å². The SMILES string of the molecule is C[C@]12O[C@](C)(C[C@H]1C(=O)O)[C@H]1C(=O)N(c3ccc(C#N)c(C(F)(F)F)c3)C(=O)[C@H]12. The van der Waals surface area contributed by atoms with Gasteiger partial charge in [-0.3, -0.25) is 14.4 Å². The summed E-state index contributed by atoms with van der Waals surface area (Å²) in [5.74, 6) is -5.80. The maximum Gasteiger partial charge on any atom is 0.417 e. The van der Waals surface area contributed by atoms with Gasteiger partial charge in [0.2, 0.25) is 11.8 Å². The first kappa shape index (κ1) is 19.4. The minimum Gasteiger partial charge on any atom is -0.481 e. The number of amides is 2. The van der Waals surface area contributed by atoms with Crippen molar-refractivity contribution in [1.29, 1.82) is 5.26 Å². The summed E-state index contributed by atoms with van der Waals surface area (Å²) >= 11 is 0. The van der Waals surface area contributed by atoms with E-state index in [0.29, 0.717) is 11.0 Å². The number of halogens is 3. The van der Waals surface area contributed by atoms with E-state index < -0.39 is 64.0 Å². The maximum atomic E-state index is 13.3. The van der Waals surface area contributed by atoms with Gasteiger partial charge in [0.05, 0.1) is 51.8 Å². The van der Waals surface area contributed by atoms with Crippen molar-refractivity contribution >= 4 is 23.5 Å². The number of anilines is 1. The van der Waals surface area contributed by atoms with Gasteiger partial charge >= 0.3 is 12.1 Å². The molecule has 7 nitrogen and oxygen atoms in total. The molecule has 0 unspecified atom stereocenters. The molecule has 2 amide bonds. The van der Waals surface area contributed by atoms with E-state index in [2.05, 4.69) is 0 Å². The highest BCUT2D eigenvalue weighted by Gasteiger charge is 2.77. The molecule has 0 spiro atoms. The third-order valence-electron chi connectivity index (χ3n) is 6.32. The highest BCUT2D eigenvalue weighted by atomic mass is 19.4. The Bertz CT molecular complexity index is 1020. The van der Waals surface area contributed by atoms with Crippen molar-refractivity contribution in [3.63, 3.8) is 0 Å². The Morgan fingerprint density at radius 2 is 1.90 bits per heavy atom. The molecule has 3 fully saturated rings. The number of fused-ring (bicyclic) bond motifs is 5. The highest BCUT2D eigenvalue weighted by Crippen LogP contribution is 2.63. The molecule has 10 heteroatoms. The fraction of sp³-hybridized carbons (Fsp3) is 0.474. The van der Waals surface area contributed by atoms with Crippen molar-refractivity contribution in [1.82, 2.24) is 0 Å². The Hall–Kier alpha value is -2.93. The molecule has 3 saturated heterocycles. The number of nitrogens with zero attached hydrogens (tertiary/aromatic N) is 2. The van der Waals surface area contributed by atoms with E-state index in [4.69, 9.17) is 10.00 Å². The van der Waals surface area contributed by atoms with Gasteiger partial charge in [-0.25, -0.2) is 4.90 Å². The first-order valence-electron chi connectivity index (χ1n) is 8.77. The zero-order valence-corrected chi connectivity index (χ0v) is 15.3. The van der Waals surface area contributed by atoms with Crippen LogP contribution in [0.15, 0.2) is 18.2 Å². The van der Waals surface area contributed by atoms with Crippen molar-refractivity contribution in [2.24, 2.45) is 17.8 Å². The number of carbonyl (C=O) groups is 3. The van der Waals surface area contributed by atoms with Gasteiger partial charge in [0.15, 0.2) is 0 Å². The van der Waals surface area contributed by atoms with Crippen LogP contribution < -0.4 is 4.90 Å². The number of alkyl halides is 3. The van der Waals surface area contributed by atoms with Crippen molar-refractivity contribution in [2.75, 3.05) is 4.90 Å². The molecule has 0 aromatic heterocycles. The van der Waals surface area contributed by atoms with Gasteiger partial charge in [0.1, 0.15) is 0 Å². The Morgan fingerprint density at radius 1 is 1.28 bits per heavy atom. The van der Waals surface area contributed by atoms with Crippen LogP contribution in [-0.4, -0.2) is 34.1 Å². The smallest absolute Gasteiger partial charge is 0.417 e. The number of imide groups is 1. The average Bonchev–Trinajstić information content (AvgIpc) is 3.15. The lowest BCUT2D eigenvalue weighted by atomic mass is 9.64. The van der Waals surface area contributed by atoms with Crippen LogP contribution in [0.5, 0.6) is 0 Å². The first-order valence-corrected chi connectivity index (χ1v) is 8.77. The molecular weight excluding hydrogens is 393 g/mol. The third kappa shape index (κ3) is 2.37. The molecule has 1 N–H and O–H groups in total. The molecule has 152 valence electrons. The van der Waals surface area contributed by atoms with Crippen LogP contribution in [0.4, 0.5) is 18.9 Å². The second-order valence-electron chi connectivity index (χ2n) is 8.00. The lowest BCUT2D eigenvalue weighted by molar-refractivity contribution is -0.150. The highest BCUT2D eigenvalue weighted by molar-refractivity contribution is 6.23. The van der Waals surface area contributed by atoms with E-state index in [1.807, 2.05) is 0 Å². The molecule has 2 bridgehead atoms. The molecule has 0 aliphatic carbocycles. The normalized spacial score (nSPS) is 35.7. The number of carboxylic acid groups (broad SMARTS) is 1. The van der Waals surface area contributed by atoms with Gasteiger partial charge in [0, 0.05) is 0 Å². The standard InChI is InChI=1S/C19H15F3N2O5/c1-17-6-11(16(27)28)18(2,29-17)13-12(17)14(25)24(15(13)26)9-4-3-8(7-23)10(5-9)19(20,21)22/h3-5,11-13H,6H2,1-2H3,(H,27,28)/t11-,12+,13-,17+,18-/m0/s1. The molecule has 29 heavy (non-hydrogen) atoms. The average molecular weight is 408 g/mol. The molecule has 3 aliphatic heterocycles. The van der Waals surface area contributed by atoms with Crippen LogP contribution in [0.3, 0.4) is 0 Å². The number of aliphatic carboxylic acids is 1. The summed E-state index contributed by atoms with van der Waals surface area (Å²) in [6, 6.07) is 4.05. The fourth-order valence-electron chi connectivity index (χ4n) is 5.15. The summed E-state index contributed by atoms with van der Waals surface area (Å²) in [6.07, 6.45) is -4.83. The monoisotopic (exact) mass is 408 g/mol. The lowest BCUT2D eigenvalue weighted by Crippen LogP contribution is -2.48. The number of hydrogen-bond donors (Lipinski definition) is 1. The largest absolute Gasteiger partial charge is 0.481 e. The Balaban J connectivity index is 1.81. The second-order valence-corrected chi connectivity index (χ2v) is 8.00. The number of benzene rings is 1. The molecular formula is C19H15F3N2O5. The molecule has 0 saturated carbocycles. The molecule has 3 heterocycles. The zero-order valence-electron chi connectivity index (χ0n) is 15.3. The van der Waals surface area contributed by atoms with Gasteiger partial charge in [0.25, 0.3) is 0 Å². The number of hydrogen-bond acceptors (Lipinski definition) is 5. The molecule has 1 aromatic carbocycles. The molecule has 0 radical (unpaired) electrons. The minimum absolute atomic E-state index is 0.0219. The van der Waals surface area contributed by atoms with Crippen LogP contribution in [-0.2, 0) is 25.3 Å². The van der Waals surface area contributed by atoms with Crippen molar-refractivity contribution in [3.8, 4) is 6.07 Å². The van der Waals surface area contributed by atoms with Crippen molar-refractivity contribution < 1.29 is 37.4 Å². The number of carboxylic acids is 1.